The van der Waals surface area contributed by atoms with E-state index in [1.54, 1.807) is 0 Å². The van der Waals surface area contributed by atoms with Crippen LogP contribution in [-0.4, -0.2) is 50.3 Å². The second-order valence-corrected chi connectivity index (χ2v) is 8.23. The Balaban J connectivity index is 1.10. The molecule has 2 aromatic carbocycles. The molecule has 2 aliphatic heterocycles. The van der Waals surface area contributed by atoms with Gasteiger partial charge >= 0.3 is 0 Å². The van der Waals surface area contributed by atoms with Crippen LogP contribution in [0.15, 0.2) is 48.5 Å². The van der Waals surface area contributed by atoms with Gasteiger partial charge in [-0.25, -0.2) is 0 Å². The van der Waals surface area contributed by atoms with Gasteiger partial charge in [-0.1, -0.05) is 30.3 Å². The third-order valence-electron chi connectivity index (χ3n) is 6.09. The molecule has 0 saturated carbocycles. The smallest absolute Gasteiger partial charge is 0.161 e. The van der Waals surface area contributed by atoms with Crippen molar-refractivity contribution in [1.82, 2.24) is 10.2 Å². The first-order chi connectivity index (χ1) is 14.3. The minimum atomic E-state index is 0.133. The molecule has 0 spiro atoms. The first kappa shape index (κ1) is 20.0. The van der Waals surface area contributed by atoms with Crippen molar-refractivity contribution in [3.05, 3.63) is 54.1 Å². The molecule has 156 valence electrons. The predicted molar refractivity (Wildman–Crippen MR) is 118 cm³/mol. The highest BCUT2D eigenvalue weighted by Crippen LogP contribution is 2.31. The molecule has 1 atom stereocenters. The quantitative estimate of drug-likeness (QED) is 0.530. The molecular formula is C24H33N3O2. The number of likely N-dealkylation sites (tertiary alicyclic amines) is 1. The van der Waals surface area contributed by atoms with Crippen molar-refractivity contribution in [3.8, 4) is 11.5 Å². The van der Waals surface area contributed by atoms with Crippen molar-refractivity contribution < 1.29 is 9.47 Å². The molecule has 2 aliphatic rings. The van der Waals surface area contributed by atoms with Crippen molar-refractivity contribution in [2.24, 2.45) is 5.92 Å². The molecule has 2 aromatic rings. The van der Waals surface area contributed by atoms with E-state index in [0.29, 0.717) is 6.61 Å². The Morgan fingerprint density at radius 3 is 2.55 bits per heavy atom. The van der Waals surface area contributed by atoms with Crippen LogP contribution in [0.4, 0.5) is 5.69 Å². The van der Waals surface area contributed by atoms with E-state index >= 15 is 0 Å². The fourth-order valence-corrected chi connectivity index (χ4v) is 4.31. The molecule has 0 amide bonds. The monoisotopic (exact) mass is 395 g/mol. The highest BCUT2D eigenvalue weighted by atomic mass is 16.6. The molecule has 0 aliphatic carbocycles. The van der Waals surface area contributed by atoms with Crippen LogP contribution in [0.25, 0.3) is 0 Å². The summed E-state index contributed by atoms with van der Waals surface area (Å²) in [6.45, 7) is 6.01. The zero-order chi connectivity index (χ0) is 19.9. The fourth-order valence-electron chi connectivity index (χ4n) is 4.31. The number of para-hydroxylation sites is 3. The standard InChI is InChI=1S/C24H33N3O2/c25-22-6-2-1-5-20(22)10-14-26-13-9-19-11-15-27(16-12-19)17-21-18-28-23-7-3-4-8-24(23)29-21/h1-8,19,21,26H,9-18,25H2. The molecule has 0 radical (unpaired) electrons. The number of anilines is 1. The molecule has 29 heavy (non-hydrogen) atoms. The number of hydrogen-bond donors (Lipinski definition) is 2. The van der Waals surface area contributed by atoms with Crippen LogP contribution in [0.3, 0.4) is 0 Å². The number of hydrogen-bond acceptors (Lipinski definition) is 5. The highest BCUT2D eigenvalue weighted by molar-refractivity contribution is 5.46. The number of benzene rings is 2. The zero-order valence-electron chi connectivity index (χ0n) is 17.2. The summed E-state index contributed by atoms with van der Waals surface area (Å²) in [6, 6.07) is 16.1. The van der Waals surface area contributed by atoms with Gasteiger partial charge < -0.3 is 20.5 Å². The molecule has 2 heterocycles. The van der Waals surface area contributed by atoms with E-state index in [4.69, 9.17) is 15.2 Å². The summed E-state index contributed by atoms with van der Waals surface area (Å²) in [7, 11) is 0. The number of fused-ring (bicyclic) bond motifs is 1. The molecule has 4 rings (SSSR count). The van der Waals surface area contributed by atoms with E-state index in [0.717, 1.165) is 62.2 Å². The van der Waals surface area contributed by atoms with E-state index in [-0.39, 0.29) is 6.10 Å². The van der Waals surface area contributed by atoms with Crippen LogP contribution >= 0.6 is 0 Å². The average Bonchev–Trinajstić information content (AvgIpc) is 2.76. The van der Waals surface area contributed by atoms with Gasteiger partial charge in [0.2, 0.25) is 0 Å². The first-order valence-electron chi connectivity index (χ1n) is 10.9. The molecule has 1 saturated heterocycles. The molecule has 5 nitrogen and oxygen atoms in total. The molecular weight excluding hydrogens is 362 g/mol. The number of nitrogen functional groups attached to an aromatic ring is 1. The number of nitrogens with one attached hydrogen (secondary N) is 1. The Bertz CT molecular complexity index is 774. The van der Waals surface area contributed by atoms with Crippen molar-refractivity contribution >= 4 is 5.69 Å². The van der Waals surface area contributed by atoms with Crippen molar-refractivity contribution in [1.29, 1.82) is 0 Å². The van der Waals surface area contributed by atoms with Gasteiger partial charge in [-0.15, -0.1) is 0 Å². The number of nitrogens with zero attached hydrogens (tertiary/aromatic N) is 1. The third kappa shape index (κ3) is 5.64. The molecule has 1 fully saturated rings. The highest BCUT2D eigenvalue weighted by Gasteiger charge is 2.25. The minimum absolute atomic E-state index is 0.133. The molecule has 1 unspecified atom stereocenters. The number of rotatable bonds is 8. The zero-order valence-corrected chi connectivity index (χ0v) is 17.2. The summed E-state index contributed by atoms with van der Waals surface area (Å²) >= 11 is 0. The first-order valence-corrected chi connectivity index (χ1v) is 10.9. The maximum Gasteiger partial charge on any atom is 0.161 e. The Labute approximate surface area is 174 Å². The lowest BCUT2D eigenvalue weighted by molar-refractivity contribution is 0.0473. The van der Waals surface area contributed by atoms with E-state index < -0.39 is 0 Å². The summed E-state index contributed by atoms with van der Waals surface area (Å²) in [4.78, 5) is 2.53. The second kappa shape index (κ2) is 9.99. The van der Waals surface area contributed by atoms with Gasteiger partial charge in [0.05, 0.1) is 0 Å². The summed E-state index contributed by atoms with van der Waals surface area (Å²) in [6.07, 6.45) is 4.94. The average molecular weight is 396 g/mol. The van der Waals surface area contributed by atoms with Gasteiger partial charge in [0.25, 0.3) is 0 Å². The van der Waals surface area contributed by atoms with Gasteiger partial charge in [-0.05, 0) is 81.5 Å². The van der Waals surface area contributed by atoms with Gasteiger partial charge in [-0.2, -0.15) is 0 Å². The predicted octanol–water partition coefficient (Wildman–Crippen LogP) is 3.34. The van der Waals surface area contributed by atoms with Crippen LogP contribution in [-0.2, 0) is 6.42 Å². The minimum Gasteiger partial charge on any atom is -0.486 e. The fraction of sp³-hybridized carbons (Fsp3) is 0.500. The van der Waals surface area contributed by atoms with Crippen molar-refractivity contribution in [2.75, 3.05) is 45.1 Å². The van der Waals surface area contributed by atoms with Crippen LogP contribution < -0.4 is 20.5 Å². The molecule has 5 heteroatoms. The van der Waals surface area contributed by atoms with Crippen LogP contribution in [0.5, 0.6) is 11.5 Å². The Kier molecular flexibility index (Phi) is 6.91. The second-order valence-electron chi connectivity index (χ2n) is 8.23. The van der Waals surface area contributed by atoms with E-state index in [1.165, 1.54) is 24.8 Å². The van der Waals surface area contributed by atoms with Gasteiger partial charge in [-0.3, -0.25) is 4.90 Å². The number of ether oxygens (including phenoxy) is 2. The van der Waals surface area contributed by atoms with Gasteiger partial charge in [0.1, 0.15) is 12.7 Å². The lowest BCUT2D eigenvalue weighted by atomic mass is 9.93. The van der Waals surface area contributed by atoms with Crippen LogP contribution in [0.1, 0.15) is 24.8 Å². The Morgan fingerprint density at radius 1 is 0.966 bits per heavy atom. The third-order valence-corrected chi connectivity index (χ3v) is 6.09. The summed E-state index contributed by atoms with van der Waals surface area (Å²) in [5.74, 6) is 2.57. The summed E-state index contributed by atoms with van der Waals surface area (Å²) in [5, 5.41) is 3.59. The van der Waals surface area contributed by atoms with Gasteiger partial charge in [0, 0.05) is 12.2 Å². The van der Waals surface area contributed by atoms with E-state index in [2.05, 4.69) is 22.3 Å². The van der Waals surface area contributed by atoms with E-state index in [1.807, 2.05) is 36.4 Å². The number of piperidine rings is 1. The summed E-state index contributed by atoms with van der Waals surface area (Å²) in [5.41, 5.74) is 8.15. The molecule has 0 aromatic heterocycles. The normalized spacial score (nSPS) is 19.9. The molecule has 3 N–H and O–H groups in total. The SMILES string of the molecule is Nc1ccccc1CCNCCC1CCN(CC2COc3ccccc3O2)CC1. The Hall–Kier alpha value is -2.24. The maximum atomic E-state index is 6.11. The maximum absolute atomic E-state index is 6.11. The molecule has 0 bridgehead atoms. The largest absolute Gasteiger partial charge is 0.486 e. The van der Waals surface area contributed by atoms with Crippen LogP contribution in [0.2, 0.25) is 0 Å². The summed E-state index contributed by atoms with van der Waals surface area (Å²) < 4.78 is 12.0. The van der Waals surface area contributed by atoms with Crippen LogP contribution in [0, 0.1) is 5.92 Å². The van der Waals surface area contributed by atoms with Gasteiger partial charge in [0.15, 0.2) is 11.5 Å². The Morgan fingerprint density at radius 2 is 1.72 bits per heavy atom. The van der Waals surface area contributed by atoms with Crippen molar-refractivity contribution in [2.45, 2.75) is 31.8 Å². The van der Waals surface area contributed by atoms with E-state index in [9.17, 15) is 0 Å². The topological polar surface area (TPSA) is 59.8 Å². The lowest BCUT2D eigenvalue weighted by Gasteiger charge is -2.35. The lowest BCUT2D eigenvalue weighted by Crippen LogP contribution is -2.44. The van der Waals surface area contributed by atoms with Crippen molar-refractivity contribution in [3.63, 3.8) is 0 Å². The number of nitrogens with two attached hydrogens (primary N) is 1.